The van der Waals surface area contributed by atoms with Gasteiger partial charge in [0.15, 0.2) is 0 Å². The number of nitrogens with zero attached hydrogens (tertiary/aromatic N) is 2. The average Bonchev–Trinajstić information content (AvgIpc) is 3.13. The van der Waals surface area contributed by atoms with Gasteiger partial charge in [0, 0.05) is 19.2 Å². The summed E-state index contributed by atoms with van der Waals surface area (Å²) in [4.78, 5) is 24.9. The largest absolute Gasteiger partial charge is 0.337 e. The normalized spacial score (nSPS) is 14.6. The highest BCUT2D eigenvalue weighted by Gasteiger charge is 2.27. The van der Waals surface area contributed by atoms with E-state index in [9.17, 15) is 9.59 Å². The first kappa shape index (κ1) is 11.8. The summed E-state index contributed by atoms with van der Waals surface area (Å²) in [7, 11) is 0. The first-order chi connectivity index (χ1) is 8.20. The molecule has 5 nitrogen and oxygen atoms in total. The van der Waals surface area contributed by atoms with E-state index in [2.05, 4.69) is 10.2 Å². The predicted molar refractivity (Wildman–Crippen MR) is 63.8 cm³/mol. The lowest BCUT2D eigenvalue weighted by atomic mass is 10.2. The molecule has 1 aliphatic carbocycles. The number of carbonyl (C=O) groups excluding carboxylic acids is 1. The summed E-state index contributed by atoms with van der Waals surface area (Å²) in [6.07, 6.45) is 3.36. The third-order valence-electron chi connectivity index (χ3n) is 2.85. The topological polar surface area (TPSA) is 66.1 Å². The quantitative estimate of drug-likeness (QED) is 0.829. The number of carbonyl (C=O) groups is 1. The Labute approximate surface area is 99.8 Å². The molecule has 1 amide bonds. The first-order valence-corrected chi connectivity index (χ1v) is 6.05. The minimum atomic E-state index is -0.286. The molecule has 5 heteroatoms. The van der Waals surface area contributed by atoms with Gasteiger partial charge in [0.05, 0.1) is 0 Å². The zero-order chi connectivity index (χ0) is 12.3. The van der Waals surface area contributed by atoms with Gasteiger partial charge in [0.1, 0.15) is 5.69 Å². The van der Waals surface area contributed by atoms with E-state index < -0.39 is 0 Å². The van der Waals surface area contributed by atoms with Crippen molar-refractivity contribution in [2.75, 3.05) is 13.1 Å². The average molecular weight is 235 g/mol. The molecule has 1 aromatic rings. The van der Waals surface area contributed by atoms with Crippen LogP contribution in [-0.2, 0) is 0 Å². The Morgan fingerprint density at radius 2 is 2.29 bits per heavy atom. The lowest BCUT2D eigenvalue weighted by Crippen LogP contribution is -2.34. The van der Waals surface area contributed by atoms with Crippen molar-refractivity contribution in [3.8, 4) is 0 Å². The first-order valence-electron chi connectivity index (χ1n) is 6.05. The maximum absolute atomic E-state index is 12.2. The Balaban J connectivity index is 2.08. The van der Waals surface area contributed by atoms with Crippen LogP contribution < -0.4 is 5.56 Å². The van der Waals surface area contributed by atoms with Gasteiger partial charge in [-0.25, -0.2) is 5.10 Å². The van der Waals surface area contributed by atoms with Gasteiger partial charge >= 0.3 is 0 Å². The fraction of sp³-hybridized carbons (Fsp3) is 0.583. The molecular formula is C12H17N3O2. The molecule has 1 aliphatic rings. The highest BCUT2D eigenvalue weighted by atomic mass is 16.2. The van der Waals surface area contributed by atoms with Crippen LogP contribution in [-0.4, -0.2) is 34.1 Å². The zero-order valence-electron chi connectivity index (χ0n) is 9.98. The molecule has 0 unspecified atom stereocenters. The molecule has 0 aliphatic heterocycles. The highest BCUT2D eigenvalue weighted by molar-refractivity contribution is 5.92. The molecule has 0 bridgehead atoms. The number of nitrogens with one attached hydrogen (secondary N) is 1. The molecule has 2 rings (SSSR count). The van der Waals surface area contributed by atoms with E-state index in [-0.39, 0.29) is 11.5 Å². The van der Waals surface area contributed by atoms with Gasteiger partial charge in [-0.3, -0.25) is 9.59 Å². The smallest absolute Gasteiger partial charge is 0.274 e. The number of hydrogen-bond acceptors (Lipinski definition) is 3. The van der Waals surface area contributed by atoms with Gasteiger partial charge in [0.2, 0.25) is 0 Å². The van der Waals surface area contributed by atoms with E-state index in [0.29, 0.717) is 11.6 Å². The standard InChI is InChI=1S/C12H17N3O2/c1-2-7-15(8-9-3-4-9)12(17)10-5-6-11(16)14-13-10/h5-6,9H,2-4,7-8H2,1H3,(H,14,16). The lowest BCUT2D eigenvalue weighted by molar-refractivity contribution is 0.0740. The van der Waals surface area contributed by atoms with Crippen molar-refractivity contribution in [1.29, 1.82) is 0 Å². The molecule has 0 spiro atoms. The molecule has 0 aromatic carbocycles. The third kappa shape index (κ3) is 3.15. The van der Waals surface area contributed by atoms with Gasteiger partial charge in [-0.1, -0.05) is 6.92 Å². The molecule has 17 heavy (non-hydrogen) atoms. The summed E-state index contributed by atoms with van der Waals surface area (Å²) in [5.41, 5.74) is 0.0319. The fourth-order valence-electron chi connectivity index (χ4n) is 1.78. The van der Waals surface area contributed by atoms with Gasteiger partial charge < -0.3 is 4.90 Å². The molecule has 1 heterocycles. The van der Waals surface area contributed by atoms with Crippen molar-refractivity contribution < 1.29 is 4.79 Å². The highest BCUT2D eigenvalue weighted by Crippen LogP contribution is 2.30. The molecule has 1 N–H and O–H groups in total. The Bertz CT molecular complexity index is 431. The van der Waals surface area contributed by atoms with Gasteiger partial charge in [-0.2, -0.15) is 5.10 Å². The van der Waals surface area contributed by atoms with Crippen molar-refractivity contribution in [2.24, 2.45) is 5.92 Å². The number of rotatable bonds is 5. The van der Waals surface area contributed by atoms with Crippen LogP contribution in [0.25, 0.3) is 0 Å². The molecule has 0 atom stereocenters. The second kappa shape index (κ2) is 5.12. The molecular weight excluding hydrogens is 218 g/mol. The summed E-state index contributed by atoms with van der Waals surface area (Å²) in [6, 6.07) is 2.82. The number of aromatic amines is 1. The Morgan fingerprint density at radius 3 is 2.82 bits per heavy atom. The second-order valence-corrected chi connectivity index (χ2v) is 4.50. The molecule has 92 valence electrons. The summed E-state index contributed by atoms with van der Waals surface area (Å²) in [5.74, 6) is 0.572. The van der Waals surface area contributed by atoms with Crippen LogP contribution in [0.15, 0.2) is 16.9 Å². The van der Waals surface area contributed by atoms with Crippen molar-refractivity contribution in [2.45, 2.75) is 26.2 Å². The van der Waals surface area contributed by atoms with Crippen molar-refractivity contribution in [3.63, 3.8) is 0 Å². The Hall–Kier alpha value is -1.65. The maximum Gasteiger partial charge on any atom is 0.274 e. The van der Waals surface area contributed by atoms with Crippen LogP contribution in [0.5, 0.6) is 0 Å². The summed E-state index contributed by atoms with van der Waals surface area (Å²) >= 11 is 0. The monoisotopic (exact) mass is 235 g/mol. The van der Waals surface area contributed by atoms with Crippen LogP contribution >= 0.6 is 0 Å². The van der Waals surface area contributed by atoms with E-state index >= 15 is 0 Å². The number of hydrogen-bond donors (Lipinski definition) is 1. The van der Waals surface area contributed by atoms with Crippen LogP contribution in [0.2, 0.25) is 0 Å². The van der Waals surface area contributed by atoms with Crippen molar-refractivity contribution >= 4 is 5.91 Å². The van der Waals surface area contributed by atoms with E-state index in [1.165, 1.54) is 25.0 Å². The van der Waals surface area contributed by atoms with E-state index in [0.717, 1.165) is 19.5 Å². The lowest BCUT2D eigenvalue weighted by Gasteiger charge is -2.21. The zero-order valence-corrected chi connectivity index (χ0v) is 9.98. The molecule has 1 aromatic heterocycles. The van der Waals surface area contributed by atoms with Gasteiger partial charge in [-0.15, -0.1) is 0 Å². The number of amides is 1. The van der Waals surface area contributed by atoms with Crippen LogP contribution in [0.3, 0.4) is 0 Å². The van der Waals surface area contributed by atoms with Gasteiger partial charge in [-0.05, 0) is 31.2 Å². The Morgan fingerprint density at radius 1 is 1.53 bits per heavy atom. The molecule has 0 saturated heterocycles. The predicted octanol–water partition coefficient (Wildman–Crippen LogP) is 1.03. The van der Waals surface area contributed by atoms with Crippen molar-refractivity contribution in [1.82, 2.24) is 15.1 Å². The molecule has 0 radical (unpaired) electrons. The van der Waals surface area contributed by atoms with Crippen molar-refractivity contribution in [3.05, 3.63) is 28.2 Å². The summed E-state index contributed by atoms with van der Waals surface area (Å²) in [6.45, 7) is 3.61. The molecule has 1 fully saturated rings. The third-order valence-corrected chi connectivity index (χ3v) is 2.85. The van der Waals surface area contributed by atoms with E-state index in [4.69, 9.17) is 0 Å². The summed E-state index contributed by atoms with van der Waals surface area (Å²) < 4.78 is 0. The minimum Gasteiger partial charge on any atom is -0.337 e. The van der Waals surface area contributed by atoms with E-state index in [1.807, 2.05) is 11.8 Å². The second-order valence-electron chi connectivity index (χ2n) is 4.50. The van der Waals surface area contributed by atoms with Gasteiger partial charge in [0.25, 0.3) is 11.5 Å². The SMILES string of the molecule is CCCN(CC1CC1)C(=O)c1ccc(=O)[nH]n1. The Kier molecular flexibility index (Phi) is 3.56. The molecule has 1 saturated carbocycles. The number of aromatic nitrogens is 2. The number of H-pyrrole nitrogens is 1. The summed E-state index contributed by atoms with van der Waals surface area (Å²) in [5, 5.41) is 6.07. The van der Waals surface area contributed by atoms with Crippen LogP contribution in [0.1, 0.15) is 36.7 Å². The maximum atomic E-state index is 12.2. The minimum absolute atomic E-state index is 0.0880. The van der Waals surface area contributed by atoms with E-state index in [1.54, 1.807) is 0 Å². The van der Waals surface area contributed by atoms with Crippen LogP contribution in [0, 0.1) is 5.92 Å². The van der Waals surface area contributed by atoms with Crippen LogP contribution in [0.4, 0.5) is 0 Å². The fourth-order valence-corrected chi connectivity index (χ4v) is 1.78.